The van der Waals surface area contributed by atoms with Crippen LogP contribution in [0.15, 0.2) is 6.07 Å². The van der Waals surface area contributed by atoms with Crippen molar-refractivity contribution in [2.75, 3.05) is 6.54 Å². The van der Waals surface area contributed by atoms with Gasteiger partial charge in [-0.1, -0.05) is 25.4 Å². The summed E-state index contributed by atoms with van der Waals surface area (Å²) in [5.41, 5.74) is 1.45. The van der Waals surface area contributed by atoms with E-state index in [2.05, 4.69) is 32.2 Å². The van der Waals surface area contributed by atoms with Gasteiger partial charge in [-0.05, 0) is 44.4 Å². The van der Waals surface area contributed by atoms with Crippen molar-refractivity contribution < 1.29 is 0 Å². The molecule has 1 N–H and O–H groups in total. The molecule has 1 aliphatic rings. The van der Waals surface area contributed by atoms with E-state index in [9.17, 15) is 0 Å². The van der Waals surface area contributed by atoms with E-state index >= 15 is 0 Å². The van der Waals surface area contributed by atoms with Crippen LogP contribution in [0.4, 0.5) is 0 Å². The number of rotatable bonds is 5. The van der Waals surface area contributed by atoms with Gasteiger partial charge in [0, 0.05) is 16.3 Å². The molecule has 3 heteroatoms. The second-order valence-corrected chi connectivity index (χ2v) is 7.08. The van der Waals surface area contributed by atoms with Crippen molar-refractivity contribution in [3.05, 3.63) is 20.8 Å². The average molecular weight is 258 g/mol. The third kappa shape index (κ3) is 2.99. The van der Waals surface area contributed by atoms with Gasteiger partial charge in [0.05, 0.1) is 4.34 Å². The van der Waals surface area contributed by atoms with E-state index in [1.165, 1.54) is 29.7 Å². The van der Waals surface area contributed by atoms with Crippen LogP contribution < -0.4 is 5.32 Å². The van der Waals surface area contributed by atoms with E-state index < -0.39 is 0 Å². The molecule has 0 amide bonds. The molecule has 0 unspecified atom stereocenters. The molecule has 0 bridgehead atoms. The molecule has 1 aliphatic carbocycles. The first-order valence-electron chi connectivity index (χ1n) is 5.99. The van der Waals surface area contributed by atoms with Crippen LogP contribution in [0, 0.1) is 6.92 Å². The van der Waals surface area contributed by atoms with E-state index in [4.69, 9.17) is 11.6 Å². The van der Waals surface area contributed by atoms with Gasteiger partial charge in [-0.3, -0.25) is 0 Å². The Morgan fingerprint density at radius 3 is 2.69 bits per heavy atom. The van der Waals surface area contributed by atoms with Crippen LogP contribution in [0.5, 0.6) is 0 Å². The maximum Gasteiger partial charge on any atom is 0.0960 e. The molecule has 16 heavy (non-hydrogen) atoms. The van der Waals surface area contributed by atoms with Crippen LogP contribution >= 0.6 is 22.9 Å². The summed E-state index contributed by atoms with van der Waals surface area (Å²) in [5.74, 6) is 0. The third-order valence-electron chi connectivity index (χ3n) is 3.28. The minimum Gasteiger partial charge on any atom is -0.314 e. The Morgan fingerprint density at radius 2 is 2.19 bits per heavy atom. The largest absolute Gasteiger partial charge is 0.314 e. The molecule has 1 fully saturated rings. The minimum absolute atomic E-state index is 0.241. The first kappa shape index (κ1) is 12.4. The first-order valence-corrected chi connectivity index (χ1v) is 7.18. The highest BCUT2D eigenvalue weighted by atomic mass is 35.5. The lowest BCUT2D eigenvalue weighted by Crippen LogP contribution is -2.25. The van der Waals surface area contributed by atoms with Crippen LogP contribution in [-0.2, 0) is 5.41 Å². The van der Waals surface area contributed by atoms with Crippen LogP contribution in [0.2, 0.25) is 4.34 Å². The highest BCUT2D eigenvalue weighted by Crippen LogP contribution is 2.37. The fourth-order valence-corrected chi connectivity index (χ4v) is 3.12. The van der Waals surface area contributed by atoms with Crippen molar-refractivity contribution in [3.8, 4) is 0 Å². The third-order valence-corrected chi connectivity index (χ3v) is 5.21. The quantitative estimate of drug-likeness (QED) is 0.836. The number of hydrogen-bond acceptors (Lipinski definition) is 2. The summed E-state index contributed by atoms with van der Waals surface area (Å²) in [6.45, 7) is 7.82. The highest BCUT2D eigenvalue weighted by molar-refractivity contribution is 7.16. The molecule has 90 valence electrons. The fourth-order valence-electron chi connectivity index (χ4n) is 1.79. The molecule has 1 nitrogen and oxygen atoms in total. The Hall–Kier alpha value is -0.0500. The Kier molecular flexibility index (Phi) is 3.62. The molecule has 1 aromatic rings. The smallest absolute Gasteiger partial charge is 0.0960 e. The van der Waals surface area contributed by atoms with Crippen LogP contribution in [0.25, 0.3) is 0 Å². The number of hydrogen-bond donors (Lipinski definition) is 1. The molecular formula is C13H20ClNS. The van der Waals surface area contributed by atoms with Crippen LogP contribution in [0.1, 0.15) is 43.6 Å². The fraction of sp³-hybridized carbons (Fsp3) is 0.692. The second kappa shape index (κ2) is 4.67. The summed E-state index contributed by atoms with van der Waals surface area (Å²) in [5, 5.41) is 3.58. The molecule has 0 radical (unpaired) electrons. The lowest BCUT2D eigenvalue weighted by atomic mass is 9.87. The van der Waals surface area contributed by atoms with Gasteiger partial charge >= 0.3 is 0 Å². The van der Waals surface area contributed by atoms with Gasteiger partial charge in [0.25, 0.3) is 0 Å². The van der Waals surface area contributed by atoms with Gasteiger partial charge < -0.3 is 5.32 Å². The Balaban J connectivity index is 1.93. The number of nitrogens with one attached hydrogen (secondary N) is 1. The summed E-state index contributed by atoms with van der Waals surface area (Å²) < 4.78 is 0.943. The zero-order valence-corrected chi connectivity index (χ0v) is 11.8. The predicted molar refractivity (Wildman–Crippen MR) is 72.7 cm³/mol. The van der Waals surface area contributed by atoms with E-state index in [1.54, 1.807) is 11.3 Å². The molecule has 0 spiro atoms. The van der Waals surface area contributed by atoms with Gasteiger partial charge in [-0.25, -0.2) is 0 Å². The van der Waals surface area contributed by atoms with E-state index in [0.717, 1.165) is 16.9 Å². The molecular weight excluding hydrogens is 238 g/mol. The topological polar surface area (TPSA) is 12.0 Å². The van der Waals surface area contributed by atoms with Gasteiger partial charge in [0.1, 0.15) is 0 Å². The minimum atomic E-state index is 0.241. The zero-order chi connectivity index (χ0) is 11.8. The maximum absolute atomic E-state index is 6.13. The lowest BCUT2D eigenvalue weighted by Gasteiger charge is -2.23. The molecule has 0 aliphatic heterocycles. The van der Waals surface area contributed by atoms with Crippen LogP contribution in [-0.4, -0.2) is 12.6 Å². The summed E-state index contributed by atoms with van der Waals surface area (Å²) in [6, 6.07) is 3.05. The SMILES string of the molecule is Cc1cc(C(C)(C)CCNC2CC2)sc1Cl. The summed E-state index contributed by atoms with van der Waals surface area (Å²) in [4.78, 5) is 1.41. The first-order chi connectivity index (χ1) is 7.49. The molecule has 2 rings (SSSR count). The average Bonchev–Trinajstić information content (AvgIpc) is 2.94. The Morgan fingerprint density at radius 1 is 1.50 bits per heavy atom. The van der Waals surface area contributed by atoms with Crippen molar-refractivity contribution in [2.24, 2.45) is 0 Å². The van der Waals surface area contributed by atoms with Gasteiger partial charge in [0.15, 0.2) is 0 Å². The zero-order valence-electron chi connectivity index (χ0n) is 10.3. The molecule has 0 atom stereocenters. The number of thiophene rings is 1. The van der Waals surface area contributed by atoms with Gasteiger partial charge in [0.2, 0.25) is 0 Å². The maximum atomic E-state index is 6.13. The Labute approximate surface area is 107 Å². The van der Waals surface area contributed by atoms with E-state index in [1.807, 2.05) is 0 Å². The summed E-state index contributed by atoms with van der Waals surface area (Å²) >= 11 is 7.87. The monoisotopic (exact) mass is 257 g/mol. The van der Waals surface area contributed by atoms with Crippen molar-refractivity contribution in [1.82, 2.24) is 5.32 Å². The molecule has 1 aromatic heterocycles. The highest BCUT2D eigenvalue weighted by Gasteiger charge is 2.25. The molecule has 0 aromatic carbocycles. The second-order valence-electron chi connectivity index (χ2n) is 5.43. The van der Waals surface area contributed by atoms with E-state index in [-0.39, 0.29) is 5.41 Å². The molecule has 1 heterocycles. The number of aryl methyl sites for hydroxylation is 1. The van der Waals surface area contributed by atoms with E-state index in [0.29, 0.717) is 0 Å². The van der Waals surface area contributed by atoms with Crippen molar-refractivity contribution in [2.45, 2.75) is 51.5 Å². The summed E-state index contributed by atoms with van der Waals surface area (Å²) in [7, 11) is 0. The molecule has 0 saturated heterocycles. The van der Waals surface area contributed by atoms with Crippen molar-refractivity contribution in [3.63, 3.8) is 0 Å². The summed E-state index contributed by atoms with van der Waals surface area (Å²) in [6.07, 6.45) is 3.91. The van der Waals surface area contributed by atoms with Crippen LogP contribution in [0.3, 0.4) is 0 Å². The Bertz CT molecular complexity index is 347. The number of halogens is 1. The van der Waals surface area contributed by atoms with Crippen molar-refractivity contribution >= 4 is 22.9 Å². The van der Waals surface area contributed by atoms with Crippen molar-refractivity contribution in [1.29, 1.82) is 0 Å². The predicted octanol–water partition coefficient (Wildman–Crippen LogP) is 4.13. The normalized spacial score (nSPS) is 16.8. The lowest BCUT2D eigenvalue weighted by molar-refractivity contribution is 0.463. The van der Waals surface area contributed by atoms with Gasteiger partial charge in [-0.15, -0.1) is 11.3 Å². The van der Waals surface area contributed by atoms with Gasteiger partial charge in [-0.2, -0.15) is 0 Å². The standard InChI is InChI=1S/C13H20ClNS/c1-9-8-11(16-12(9)14)13(2,3)6-7-15-10-4-5-10/h8,10,15H,4-7H2,1-3H3. The molecule has 1 saturated carbocycles.